The van der Waals surface area contributed by atoms with Crippen LogP contribution in [0, 0.1) is 5.82 Å². The first-order valence-corrected chi connectivity index (χ1v) is 6.43. The number of halogens is 1. The van der Waals surface area contributed by atoms with Crippen LogP contribution in [0.2, 0.25) is 0 Å². The number of rotatable bonds is 6. The van der Waals surface area contributed by atoms with Crippen LogP contribution in [0.4, 0.5) is 10.1 Å². The zero-order valence-corrected chi connectivity index (χ0v) is 11.0. The molecule has 0 aliphatic rings. The summed E-state index contributed by atoms with van der Waals surface area (Å²) in [6.45, 7) is 3.85. The zero-order chi connectivity index (χ0) is 13.5. The minimum atomic E-state index is -0.207. The Kier molecular flexibility index (Phi) is 4.93. The van der Waals surface area contributed by atoms with Gasteiger partial charge in [-0.05, 0) is 30.7 Å². The van der Waals surface area contributed by atoms with Crippen molar-refractivity contribution in [1.82, 2.24) is 0 Å². The summed E-state index contributed by atoms with van der Waals surface area (Å²) < 4.78 is 18.5. The Balaban J connectivity index is 2.02. The van der Waals surface area contributed by atoms with E-state index >= 15 is 0 Å². The van der Waals surface area contributed by atoms with Gasteiger partial charge in [-0.2, -0.15) is 0 Å². The lowest BCUT2D eigenvalue weighted by atomic mass is 10.1. The maximum Gasteiger partial charge on any atom is 0.123 e. The second-order valence-electron chi connectivity index (χ2n) is 4.28. The van der Waals surface area contributed by atoms with Gasteiger partial charge in [-0.1, -0.05) is 30.3 Å². The first-order valence-electron chi connectivity index (χ1n) is 6.43. The van der Waals surface area contributed by atoms with Crippen LogP contribution in [0.1, 0.15) is 18.1 Å². The van der Waals surface area contributed by atoms with Crippen molar-refractivity contribution in [3.05, 3.63) is 65.5 Å². The summed E-state index contributed by atoms with van der Waals surface area (Å²) >= 11 is 0. The summed E-state index contributed by atoms with van der Waals surface area (Å²) in [5.74, 6) is -0.207. The second-order valence-corrected chi connectivity index (χ2v) is 4.28. The fourth-order valence-corrected chi connectivity index (χ4v) is 1.87. The van der Waals surface area contributed by atoms with Gasteiger partial charge in [0.1, 0.15) is 5.82 Å². The van der Waals surface area contributed by atoms with Gasteiger partial charge in [-0.25, -0.2) is 4.39 Å². The molecule has 0 amide bonds. The van der Waals surface area contributed by atoms with Crippen LogP contribution < -0.4 is 5.32 Å². The summed E-state index contributed by atoms with van der Waals surface area (Å²) in [4.78, 5) is 0. The summed E-state index contributed by atoms with van der Waals surface area (Å²) in [6, 6.07) is 14.6. The summed E-state index contributed by atoms with van der Waals surface area (Å²) in [5, 5.41) is 3.32. The molecule has 0 aliphatic carbocycles. The molecule has 2 nitrogen and oxygen atoms in total. The maximum atomic E-state index is 13.1. The minimum Gasteiger partial charge on any atom is -0.381 e. The molecule has 0 radical (unpaired) electrons. The number of hydrogen-bond acceptors (Lipinski definition) is 2. The fourth-order valence-electron chi connectivity index (χ4n) is 1.87. The van der Waals surface area contributed by atoms with Crippen LogP contribution in [0.25, 0.3) is 0 Å². The molecule has 0 unspecified atom stereocenters. The third-order valence-electron chi connectivity index (χ3n) is 2.85. The van der Waals surface area contributed by atoms with Crippen molar-refractivity contribution in [2.24, 2.45) is 0 Å². The predicted molar refractivity (Wildman–Crippen MR) is 75.5 cm³/mol. The Morgan fingerprint density at radius 1 is 1.11 bits per heavy atom. The van der Waals surface area contributed by atoms with Gasteiger partial charge in [0.2, 0.25) is 0 Å². The predicted octanol–water partition coefficient (Wildman–Crippen LogP) is 3.97. The highest BCUT2D eigenvalue weighted by Crippen LogP contribution is 2.17. The van der Waals surface area contributed by atoms with E-state index in [0.29, 0.717) is 19.8 Å². The van der Waals surface area contributed by atoms with Crippen molar-refractivity contribution in [2.45, 2.75) is 20.1 Å². The van der Waals surface area contributed by atoms with E-state index < -0.39 is 0 Å². The number of anilines is 1. The van der Waals surface area contributed by atoms with E-state index in [9.17, 15) is 4.39 Å². The Hall–Kier alpha value is -1.87. The molecule has 19 heavy (non-hydrogen) atoms. The smallest absolute Gasteiger partial charge is 0.123 e. The highest BCUT2D eigenvalue weighted by atomic mass is 19.1. The van der Waals surface area contributed by atoms with Gasteiger partial charge >= 0.3 is 0 Å². The molecule has 0 atom stereocenters. The van der Waals surface area contributed by atoms with Crippen molar-refractivity contribution < 1.29 is 9.13 Å². The van der Waals surface area contributed by atoms with Crippen molar-refractivity contribution in [3.63, 3.8) is 0 Å². The van der Waals surface area contributed by atoms with E-state index in [4.69, 9.17) is 4.74 Å². The molecular formula is C16H18FNO. The van der Waals surface area contributed by atoms with Gasteiger partial charge in [0.05, 0.1) is 6.61 Å². The van der Waals surface area contributed by atoms with Crippen LogP contribution in [0.5, 0.6) is 0 Å². The number of para-hydroxylation sites is 1. The number of ether oxygens (including phenoxy) is 1. The van der Waals surface area contributed by atoms with Crippen molar-refractivity contribution in [2.75, 3.05) is 11.9 Å². The molecule has 0 aliphatic heterocycles. The van der Waals surface area contributed by atoms with E-state index in [1.54, 1.807) is 6.07 Å². The summed E-state index contributed by atoms with van der Waals surface area (Å²) in [6.07, 6.45) is 0. The lowest BCUT2D eigenvalue weighted by Crippen LogP contribution is -2.03. The number of benzene rings is 2. The standard InChI is InChI=1S/C16H18FNO/c1-2-19-12-14-7-3-4-9-16(14)18-11-13-6-5-8-15(17)10-13/h3-10,18H,2,11-12H2,1H3. The van der Waals surface area contributed by atoms with Crippen LogP contribution >= 0.6 is 0 Å². The molecule has 3 heteroatoms. The molecule has 0 bridgehead atoms. The van der Waals surface area contributed by atoms with Crippen molar-refractivity contribution in [3.8, 4) is 0 Å². The highest BCUT2D eigenvalue weighted by molar-refractivity contribution is 5.51. The first kappa shape index (κ1) is 13.6. The molecule has 0 fully saturated rings. The molecule has 0 spiro atoms. The Morgan fingerprint density at radius 3 is 2.74 bits per heavy atom. The summed E-state index contributed by atoms with van der Waals surface area (Å²) in [5.41, 5.74) is 3.06. The third kappa shape index (κ3) is 4.07. The van der Waals surface area contributed by atoms with E-state index in [2.05, 4.69) is 5.32 Å². The van der Waals surface area contributed by atoms with E-state index in [1.807, 2.05) is 37.3 Å². The normalized spacial score (nSPS) is 10.4. The molecule has 1 N–H and O–H groups in total. The molecule has 2 aromatic carbocycles. The molecule has 0 heterocycles. The lowest BCUT2D eigenvalue weighted by Gasteiger charge is -2.12. The maximum absolute atomic E-state index is 13.1. The Morgan fingerprint density at radius 2 is 1.95 bits per heavy atom. The average Bonchev–Trinajstić information content (AvgIpc) is 2.44. The minimum absolute atomic E-state index is 0.207. The second kappa shape index (κ2) is 6.90. The molecule has 2 rings (SSSR count). The van der Waals surface area contributed by atoms with Gasteiger partial charge in [0, 0.05) is 24.4 Å². The molecule has 0 saturated heterocycles. The van der Waals surface area contributed by atoms with E-state index in [-0.39, 0.29) is 5.82 Å². The molecule has 0 aromatic heterocycles. The van der Waals surface area contributed by atoms with E-state index in [0.717, 1.165) is 16.8 Å². The molecular weight excluding hydrogens is 241 g/mol. The zero-order valence-electron chi connectivity index (χ0n) is 11.0. The quantitative estimate of drug-likeness (QED) is 0.847. The third-order valence-corrected chi connectivity index (χ3v) is 2.85. The van der Waals surface area contributed by atoms with Gasteiger partial charge in [0.15, 0.2) is 0 Å². The van der Waals surface area contributed by atoms with Gasteiger partial charge in [0.25, 0.3) is 0 Å². The van der Waals surface area contributed by atoms with Crippen LogP contribution in [0.3, 0.4) is 0 Å². The fraction of sp³-hybridized carbons (Fsp3) is 0.250. The highest BCUT2D eigenvalue weighted by Gasteiger charge is 2.02. The SMILES string of the molecule is CCOCc1ccccc1NCc1cccc(F)c1. The van der Waals surface area contributed by atoms with Gasteiger partial charge < -0.3 is 10.1 Å². The van der Waals surface area contributed by atoms with Gasteiger partial charge in [-0.15, -0.1) is 0 Å². The first-order chi connectivity index (χ1) is 9.29. The largest absolute Gasteiger partial charge is 0.381 e. The Labute approximate surface area is 113 Å². The van der Waals surface area contributed by atoms with E-state index in [1.165, 1.54) is 12.1 Å². The molecule has 2 aromatic rings. The Bertz CT molecular complexity index is 528. The van der Waals surface area contributed by atoms with Crippen LogP contribution in [-0.2, 0) is 17.9 Å². The van der Waals surface area contributed by atoms with Crippen molar-refractivity contribution >= 4 is 5.69 Å². The van der Waals surface area contributed by atoms with Crippen LogP contribution in [-0.4, -0.2) is 6.61 Å². The van der Waals surface area contributed by atoms with Crippen molar-refractivity contribution in [1.29, 1.82) is 0 Å². The lowest BCUT2D eigenvalue weighted by molar-refractivity contribution is 0.134. The molecule has 0 saturated carbocycles. The van der Waals surface area contributed by atoms with Gasteiger partial charge in [-0.3, -0.25) is 0 Å². The average molecular weight is 259 g/mol. The molecule has 100 valence electrons. The monoisotopic (exact) mass is 259 g/mol. The van der Waals surface area contributed by atoms with Crippen LogP contribution in [0.15, 0.2) is 48.5 Å². The summed E-state index contributed by atoms with van der Waals surface area (Å²) in [7, 11) is 0. The topological polar surface area (TPSA) is 21.3 Å². The number of hydrogen-bond donors (Lipinski definition) is 1. The number of nitrogens with one attached hydrogen (secondary N) is 1.